The molecule has 1 saturated carbocycles. The summed E-state index contributed by atoms with van der Waals surface area (Å²) < 4.78 is 30.6. The molecule has 0 spiro atoms. The van der Waals surface area contributed by atoms with Crippen LogP contribution in [0, 0.1) is 16.7 Å². The second-order valence-electron chi connectivity index (χ2n) is 8.11. The molecule has 2 fully saturated rings. The first-order chi connectivity index (χ1) is 14.2. The topological polar surface area (TPSA) is 126 Å². The van der Waals surface area contributed by atoms with Crippen LogP contribution in [0.4, 0.5) is 5.82 Å². The molecule has 3 heterocycles. The van der Waals surface area contributed by atoms with Crippen molar-refractivity contribution in [3.63, 3.8) is 0 Å². The number of hydrogen-bond donors (Lipinski definition) is 3. The molecular formula is C19H25N7O2S2. The van der Waals surface area contributed by atoms with E-state index in [0.717, 1.165) is 0 Å². The molecule has 0 amide bonds. The van der Waals surface area contributed by atoms with Crippen molar-refractivity contribution in [1.82, 2.24) is 19.7 Å². The summed E-state index contributed by atoms with van der Waals surface area (Å²) in [6.45, 7) is 5.58. The summed E-state index contributed by atoms with van der Waals surface area (Å²) in [4.78, 5) is 2.20. The predicted octanol–water partition coefficient (Wildman–Crippen LogP) is 1.54. The molecule has 0 unspecified atom stereocenters. The number of nitrogens with zero attached hydrogens (tertiary/aromatic N) is 4. The monoisotopic (exact) mass is 447 g/mol. The van der Waals surface area contributed by atoms with Crippen LogP contribution in [0.3, 0.4) is 0 Å². The van der Waals surface area contributed by atoms with Gasteiger partial charge in [-0.2, -0.15) is 15.1 Å². The van der Waals surface area contributed by atoms with Crippen LogP contribution in [0.2, 0.25) is 0 Å². The van der Waals surface area contributed by atoms with E-state index in [-0.39, 0.29) is 17.0 Å². The Hall–Kier alpha value is -2.13. The third kappa shape index (κ3) is 3.80. The quantitative estimate of drug-likeness (QED) is 0.469. The van der Waals surface area contributed by atoms with Gasteiger partial charge >= 0.3 is 0 Å². The molecule has 1 saturated heterocycles. The lowest BCUT2D eigenvalue weighted by atomic mass is 10.1. The minimum Gasteiger partial charge on any atom is -0.353 e. The van der Waals surface area contributed by atoms with Gasteiger partial charge < -0.3 is 10.2 Å². The number of piperazine rings is 1. The van der Waals surface area contributed by atoms with Crippen LogP contribution >= 0.6 is 11.8 Å². The fourth-order valence-electron chi connectivity index (χ4n) is 3.90. The van der Waals surface area contributed by atoms with Gasteiger partial charge in [-0.3, -0.25) is 5.41 Å². The predicted molar refractivity (Wildman–Crippen MR) is 118 cm³/mol. The first kappa shape index (κ1) is 21.1. The van der Waals surface area contributed by atoms with Crippen molar-refractivity contribution in [2.45, 2.75) is 49.2 Å². The van der Waals surface area contributed by atoms with Crippen LogP contribution in [0.15, 0.2) is 23.2 Å². The van der Waals surface area contributed by atoms with Gasteiger partial charge in [-0.1, -0.05) is 0 Å². The summed E-state index contributed by atoms with van der Waals surface area (Å²) in [5.41, 5.74) is 0.143. The standard InChI is InChI=1S/C19H25N7O2S2/c1-12-9-25(10-13(2)23-12)17-7-14(30(27,28)24-19(11-20)4-5-19)6-16-15(18(21)29-3)8-22-26(16)17/h6-8,12-13,21,23-24H,4-5,9-10H2,1-3H3/t12-,13-/m0/s1. The molecule has 9 nitrogen and oxygen atoms in total. The van der Waals surface area contributed by atoms with Crippen LogP contribution in [0.5, 0.6) is 0 Å². The average Bonchev–Trinajstić information content (AvgIpc) is 3.32. The molecule has 0 bridgehead atoms. The molecule has 1 aliphatic heterocycles. The molecule has 1 aliphatic carbocycles. The third-order valence-electron chi connectivity index (χ3n) is 5.51. The molecule has 3 N–H and O–H groups in total. The molecule has 4 rings (SSSR count). The molecule has 11 heteroatoms. The highest BCUT2D eigenvalue weighted by atomic mass is 32.2. The Labute approximate surface area is 180 Å². The van der Waals surface area contributed by atoms with Gasteiger partial charge in [0.15, 0.2) is 0 Å². The van der Waals surface area contributed by atoms with Gasteiger partial charge in [0, 0.05) is 31.2 Å². The first-order valence-electron chi connectivity index (χ1n) is 9.79. The fraction of sp³-hybridized carbons (Fsp3) is 0.526. The summed E-state index contributed by atoms with van der Waals surface area (Å²) >= 11 is 1.27. The van der Waals surface area contributed by atoms with Gasteiger partial charge in [0.05, 0.1) is 33.3 Å². The van der Waals surface area contributed by atoms with Crippen LogP contribution in [0.25, 0.3) is 5.52 Å². The van der Waals surface area contributed by atoms with E-state index in [4.69, 9.17) is 5.41 Å². The number of fused-ring (bicyclic) bond motifs is 1. The van der Waals surface area contributed by atoms with Gasteiger partial charge in [-0.15, -0.1) is 11.8 Å². The lowest BCUT2D eigenvalue weighted by molar-refractivity contribution is 0.403. The number of nitriles is 1. The number of anilines is 1. The number of rotatable bonds is 5. The number of aromatic nitrogens is 2. The van der Waals surface area contributed by atoms with Crippen molar-refractivity contribution >= 4 is 38.2 Å². The van der Waals surface area contributed by atoms with Crippen molar-refractivity contribution in [3.05, 3.63) is 23.9 Å². The normalized spacial score (nSPS) is 23.3. The number of pyridine rings is 1. The lowest BCUT2D eigenvalue weighted by Gasteiger charge is -2.37. The van der Waals surface area contributed by atoms with Gasteiger partial charge in [0.25, 0.3) is 0 Å². The maximum Gasteiger partial charge on any atom is 0.242 e. The third-order valence-corrected chi connectivity index (χ3v) is 7.65. The fourth-order valence-corrected chi connectivity index (χ4v) is 5.69. The second-order valence-corrected chi connectivity index (χ2v) is 10.6. The summed E-state index contributed by atoms with van der Waals surface area (Å²) in [6, 6.07) is 5.70. The Kier molecular flexibility index (Phi) is 5.30. The highest BCUT2D eigenvalue weighted by Crippen LogP contribution is 2.36. The molecule has 2 aromatic rings. The Morgan fingerprint density at radius 2 is 2.03 bits per heavy atom. The first-order valence-corrected chi connectivity index (χ1v) is 12.5. The Morgan fingerprint density at radius 1 is 1.37 bits per heavy atom. The van der Waals surface area contributed by atoms with Crippen molar-refractivity contribution in [3.8, 4) is 6.07 Å². The lowest BCUT2D eigenvalue weighted by Crippen LogP contribution is -2.54. The molecule has 0 radical (unpaired) electrons. The van der Waals surface area contributed by atoms with Crippen LogP contribution in [-0.4, -0.2) is 60.0 Å². The Morgan fingerprint density at radius 3 is 2.60 bits per heavy atom. The van der Waals surface area contributed by atoms with Crippen molar-refractivity contribution in [2.24, 2.45) is 0 Å². The van der Waals surface area contributed by atoms with Crippen molar-refractivity contribution < 1.29 is 8.42 Å². The van der Waals surface area contributed by atoms with E-state index in [1.165, 1.54) is 11.8 Å². The summed E-state index contributed by atoms with van der Waals surface area (Å²) in [5.74, 6) is 0.662. The maximum atomic E-state index is 13.1. The second kappa shape index (κ2) is 7.53. The van der Waals surface area contributed by atoms with E-state index in [1.807, 2.05) is 0 Å². The number of sulfonamides is 1. The zero-order chi connectivity index (χ0) is 21.7. The molecular weight excluding hydrogens is 422 g/mol. The van der Waals surface area contributed by atoms with Crippen molar-refractivity contribution in [1.29, 1.82) is 10.7 Å². The molecule has 2 atom stereocenters. The van der Waals surface area contributed by atoms with E-state index >= 15 is 0 Å². The molecule has 2 aromatic heterocycles. The zero-order valence-corrected chi connectivity index (χ0v) is 18.8. The summed E-state index contributed by atoms with van der Waals surface area (Å²) in [6.07, 6.45) is 4.44. The van der Waals surface area contributed by atoms with Gasteiger partial charge in [0.2, 0.25) is 10.0 Å². The smallest absolute Gasteiger partial charge is 0.242 e. The maximum absolute atomic E-state index is 13.1. The van der Waals surface area contributed by atoms with E-state index in [1.54, 1.807) is 29.1 Å². The summed E-state index contributed by atoms with van der Waals surface area (Å²) in [7, 11) is -3.91. The van der Waals surface area contributed by atoms with Crippen LogP contribution in [-0.2, 0) is 10.0 Å². The average molecular weight is 448 g/mol. The largest absolute Gasteiger partial charge is 0.353 e. The zero-order valence-electron chi connectivity index (χ0n) is 17.1. The van der Waals surface area contributed by atoms with Crippen LogP contribution < -0.4 is 14.9 Å². The van der Waals surface area contributed by atoms with Gasteiger partial charge in [0.1, 0.15) is 11.4 Å². The van der Waals surface area contributed by atoms with Crippen molar-refractivity contribution in [2.75, 3.05) is 24.2 Å². The SMILES string of the molecule is CSC(=N)c1cnn2c(N3C[C@H](C)N[C@@H](C)C3)cc(S(=O)(=O)NC3(C#N)CC3)cc12. The van der Waals surface area contributed by atoms with Gasteiger partial charge in [-0.25, -0.2) is 12.9 Å². The Bertz CT molecular complexity index is 1140. The number of nitrogens with one attached hydrogen (secondary N) is 3. The summed E-state index contributed by atoms with van der Waals surface area (Å²) in [5, 5.41) is 25.8. The number of thioether (sulfide) groups is 1. The number of hydrogen-bond acceptors (Lipinski definition) is 8. The minimum atomic E-state index is -3.91. The molecule has 30 heavy (non-hydrogen) atoms. The van der Waals surface area contributed by atoms with Crippen LogP contribution in [0.1, 0.15) is 32.3 Å². The minimum absolute atomic E-state index is 0.0843. The molecule has 0 aromatic carbocycles. The van der Waals surface area contributed by atoms with E-state index < -0.39 is 15.6 Å². The molecule has 2 aliphatic rings. The van der Waals surface area contributed by atoms with Gasteiger partial charge in [-0.05, 0) is 39.0 Å². The van der Waals surface area contributed by atoms with E-state index in [0.29, 0.717) is 47.9 Å². The highest BCUT2D eigenvalue weighted by molar-refractivity contribution is 8.13. The Balaban J connectivity index is 1.87. The highest BCUT2D eigenvalue weighted by Gasteiger charge is 2.47. The van der Waals surface area contributed by atoms with E-state index in [2.05, 4.69) is 40.0 Å². The van der Waals surface area contributed by atoms with E-state index in [9.17, 15) is 13.7 Å². The molecule has 160 valence electrons.